The van der Waals surface area contributed by atoms with E-state index in [0.29, 0.717) is 6.42 Å². The van der Waals surface area contributed by atoms with E-state index in [1.165, 1.54) is 17.0 Å². The quantitative estimate of drug-likeness (QED) is 0.929. The van der Waals surface area contributed by atoms with E-state index in [-0.39, 0.29) is 43.8 Å². The van der Waals surface area contributed by atoms with Crippen LogP contribution in [0.15, 0.2) is 24.3 Å². The normalized spacial score (nSPS) is 17.5. The van der Waals surface area contributed by atoms with Crippen molar-refractivity contribution in [2.45, 2.75) is 31.6 Å². The number of carboxylic acids is 1. The number of likely N-dealkylation sites (tertiary alicyclic amines) is 1. The van der Waals surface area contributed by atoms with Gasteiger partial charge in [-0.2, -0.15) is 0 Å². The Morgan fingerprint density at radius 3 is 2.24 bits per heavy atom. The second-order valence-corrected chi connectivity index (χ2v) is 5.24. The Morgan fingerprint density at radius 2 is 1.71 bits per heavy atom. The number of carbonyl (C=O) groups is 2. The Balaban J connectivity index is 1.82. The van der Waals surface area contributed by atoms with Gasteiger partial charge in [0.05, 0.1) is 5.56 Å². The summed E-state index contributed by atoms with van der Waals surface area (Å²) in [6.45, 7) is 0.202. The van der Waals surface area contributed by atoms with E-state index < -0.39 is 11.9 Å². The third-order valence-electron chi connectivity index (χ3n) is 3.68. The molecule has 1 amide bonds. The number of hydrogen-bond acceptors (Lipinski definition) is 2. The van der Waals surface area contributed by atoms with Gasteiger partial charge in [0.1, 0.15) is 0 Å². The first-order chi connectivity index (χ1) is 9.87. The molecule has 0 radical (unpaired) electrons. The van der Waals surface area contributed by atoms with Crippen LogP contribution in [0.2, 0.25) is 0 Å². The molecule has 0 aromatic heterocycles. The monoisotopic (exact) mass is 297 g/mol. The number of aryl methyl sites for hydroxylation is 1. The Kier molecular flexibility index (Phi) is 4.55. The van der Waals surface area contributed by atoms with Crippen molar-refractivity contribution in [1.29, 1.82) is 0 Å². The Morgan fingerprint density at radius 1 is 1.14 bits per heavy atom. The number of piperidine rings is 1. The average molecular weight is 297 g/mol. The Bertz CT molecular complexity index is 518. The molecule has 1 aromatic rings. The molecule has 0 bridgehead atoms. The highest BCUT2D eigenvalue weighted by Gasteiger charge is 2.35. The fourth-order valence-corrected chi connectivity index (χ4v) is 2.31. The van der Waals surface area contributed by atoms with E-state index in [1.807, 2.05) is 0 Å². The number of rotatable bonds is 4. The van der Waals surface area contributed by atoms with Gasteiger partial charge in [0.25, 0.3) is 5.92 Å². The smallest absolute Gasteiger partial charge is 0.335 e. The molecule has 0 unspecified atom stereocenters. The summed E-state index contributed by atoms with van der Waals surface area (Å²) in [7, 11) is 0. The number of benzene rings is 1. The van der Waals surface area contributed by atoms with Crippen molar-refractivity contribution in [2.24, 2.45) is 0 Å². The highest BCUT2D eigenvalue weighted by molar-refractivity contribution is 5.87. The first-order valence-corrected chi connectivity index (χ1v) is 6.85. The zero-order chi connectivity index (χ0) is 15.5. The molecule has 21 heavy (non-hydrogen) atoms. The predicted molar refractivity (Wildman–Crippen MR) is 72.5 cm³/mol. The molecule has 1 heterocycles. The highest BCUT2D eigenvalue weighted by atomic mass is 19.3. The van der Waals surface area contributed by atoms with Gasteiger partial charge in [0.2, 0.25) is 5.91 Å². The van der Waals surface area contributed by atoms with Crippen LogP contribution in [-0.4, -0.2) is 40.9 Å². The standard InChI is InChI=1S/C15H17F2NO3/c16-15(17)7-9-18(10-8-15)13(19)6-3-11-1-4-12(5-2-11)14(20)21/h1-2,4-5H,3,6-10H2,(H,20,21). The van der Waals surface area contributed by atoms with Crippen LogP contribution in [-0.2, 0) is 11.2 Å². The van der Waals surface area contributed by atoms with Gasteiger partial charge in [-0.3, -0.25) is 4.79 Å². The van der Waals surface area contributed by atoms with Crippen LogP contribution in [0.25, 0.3) is 0 Å². The molecule has 1 aliphatic rings. The van der Waals surface area contributed by atoms with Crippen molar-refractivity contribution in [3.63, 3.8) is 0 Å². The van der Waals surface area contributed by atoms with Gasteiger partial charge in [0, 0.05) is 32.4 Å². The summed E-state index contributed by atoms with van der Waals surface area (Å²) in [5.41, 5.74) is 1.05. The van der Waals surface area contributed by atoms with Crippen LogP contribution in [0, 0.1) is 0 Å². The summed E-state index contributed by atoms with van der Waals surface area (Å²) < 4.78 is 26.0. The van der Waals surface area contributed by atoms with Crippen LogP contribution in [0.1, 0.15) is 35.2 Å². The van der Waals surface area contributed by atoms with Crippen molar-refractivity contribution in [1.82, 2.24) is 4.90 Å². The number of aromatic carboxylic acids is 1. The summed E-state index contributed by atoms with van der Waals surface area (Å²) in [4.78, 5) is 24.1. The summed E-state index contributed by atoms with van der Waals surface area (Å²) in [5.74, 6) is -3.77. The topological polar surface area (TPSA) is 57.6 Å². The highest BCUT2D eigenvalue weighted by Crippen LogP contribution is 2.27. The van der Waals surface area contributed by atoms with Gasteiger partial charge in [-0.25, -0.2) is 13.6 Å². The van der Waals surface area contributed by atoms with Crippen LogP contribution >= 0.6 is 0 Å². The summed E-state index contributed by atoms with van der Waals surface area (Å²) in [6.07, 6.45) is 0.182. The zero-order valence-electron chi connectivity index (χ0n) is 11.5. The largest absolute Gasteiger partial charge is 0.478 e. The number of carboxylic acid groups (broad SMARTS) is 1. The molecule has 0 saturated carbocycles. The number of hydrogen-bond donors (Lipinski definition) is 1. The first-order valence-electron chi connectivity index (χ1n) is 6.85. The van der Waals surface area contributed by atoms with Crippen molar-refractivity contribution in [3.05, 3.63) is 35.4 Å². The molecule has 1 fully saturated rings. The van der Waals surface area contributed by atoms with E-state index in [1.54, 1.807) is 12.1 Å². The van der Waals surface area contributed by atoms with Gasteiger partial charge in [-0.05, 0) is 24.1 Å². The van der Waals surface area contributed by atoms with Gasteiger partial charge < -0.3 is 10.0 Å². The summed E-state index contributed by atoms with van der Waals surface area (Å²) in [6, 6.07) is 6.31. The molecule has 0 aliphatic carbocycles. The van der Waals surface area contributed by atoms with Crippen molar-refractivity contribution in [3.8, 4) is 0 Å². The molecule has 1 N–H and O–H groups in total. The predicted octanol–water partition coefficient (Wildman–Crippen LogP) is 2.58. The van der Waals surface area contributed by atoms with Crippen LogP contribution in [0.5, 0.6) is 0 Å². The van der Waals surface area contributed by atoms with Crippen LogP contribution in [0.4, 0.5) is 8.78 Å². The SMILES string of the molecule is O=C(O)c1ccc(CCC(=O)N2CCC(F)(F)CC2)cc1. The summed E-state index contributed by atoms with van der Waals surface area (Å²) >= 11 is 0. The summed E-state index contributed by atoms with van der Waals surface area (Å²) in [5, 5.41) is 8.78. The fraction of sp³-hybridized carbons (Fsp3) is 0.467. The second-order valence-electron chi connectivity index (χ2n) is 5.24. The van der Waals surface area contributed by atoms with E-state index in [4.69, 9.17) is 5.11 Å². The maximum absolute atomic E-state index is 13.0. The molecule has 6 heteroatoms. The van der Waals surface area contributed by atoms with E-state index in [2.05, 4.69) is 0 Å². The Labute approximate surface area is 121 Å². The maximum Gasteiger partial charge on any atom is 0.335 e. The number of amides is 1. The maximum atomic E-state index is 13.0. The molecule has 114 valence electrons. The van der Waals surface area contributed by atoms with Gasteiger partial charge in [-0.15, -0.1) is 0 Å². The molecular weight excluding hydrogens is 280 g/mol. The molecule has 2 rings (SSSR count). The third-order valence-corrected chi connectivity index (χ3v) is 3.68. The number of carbonyl (C=O) groups excluding carboxylic acids is 1. The molecular formula is C15H17F2NO3. The lowest BCUT2D eigenvalue weighted by Crippen LogP contribution is -2.42. The minimum Gasteiger partial charge on any atom is -0.478 e. The Hall–Kier alpha value is -1.98. The molecule has 0 atom stereocenters. The van der Waals surface area contributed by atoms with Crippen molar-refractivity contribution in [2.75, 3.05) is 13.1 Å². The molecule has 0 spiro atoms. The number of nitrogens with zero attached hydrogens (tertiary/aromatic N) is 1. The van der Waals surface area contributed by atoms with Crippen LogP contribution < -0.4 is 0 Å². The molecule has 1 saturated heterocycles. The number of halogens is 2. The van der Waals surface area contributed by atoms with E-state index in [0.717, 1.165) is 5.56 Å². The number of alkyl halides is 2. The van der Waals surface area contributed by atoms with Crippen LogP contribution in [0.3, 0.4) is 0 Å². The fourth-order valence-electron chi connectivity index (χ4n) is 2.31. The average Bonchev–Trinajstić information content (AvgIpc) is 2.45. The van der Waals surface area contributed by atoms with Crippen molar-refractivity contribution >= 4 is 11.9 Å². The first kappa shape index (κ1) is 15.4. The van der Waals surface area contributed by atoms with Crippen molar-refractivity contribution < 1.29 is 23.5 Å². The second kappa shape index (κ2) is 6.20. The minimum absolute atomic E-state index is 0.101. The van der Waals surface area contributed by atoms with E-state index in [9.17, 15) is 18.4 Å². The van der Waals surface area contributed by atoms with E-state index >= 15 is 0 Å². The lowest BCUT2D eigenvalue weighted by atomic mass is 10.0. The molecule has 1 aliphatic heterocycles. The van der Waals surface area contributed by atoms with Gasteiger partial charge in [0.15, 0.2) is 0 Å². The van der Waals surface area contributed by atoms with Gasteiger partial charge in [-0.1, -0.05) is 12.1 Å². The lowest BCUT2D eigenvalue weighted by Gasteiger charge is -2.31. The zero-order valence-corrected chi connectivity index (χ0v) is 11.5. The third kappa shape index (κ3) is 4.24. The van der Waals surface area contributed by atoms with Gasteiger partial charge >= 0.3 is 5.97 Å². The lowest BCUT2D eigenvalue weighted by molar-refractivity contribution is -0.137. The minimum atomic E-state index is -2.65. The molecule has 4 nitrogen and oxygen atoms in total. The molecule has 1 aromatic carbocycles.